The Kier molecular flexibility index (Phi) is 2.62. The maximum Gasteiger partial charge on any atom is 0.190 e. The van der Waals surface area contributed by atoms with Crippen LogP contribution >= 0.6 is 22.9 Å². The second-order valence-electron chi connectivity index (χ2n) is 3.21. The van der Waals surface area contributed by atoms with Crippen LogP contribution in [0.1, 0.15) is 0 Å². The average molecular weight is 264 g/mol. The Balaban J connectivity index is 2.13. The lowest BCUT2D eigenvalue weighted by Crippen LogP contribution is -1.91. The molecule has 0 aromatic carbocycles. The van der Waals surface area contributed by atoms with Crippen LogP contribution in [0.2, 0.25) is 5.15 Å². The number of furan rings is 1. The molecule has 0 aliphatic carbocycles. The number of thiazole rings is 1. The monoisotopic (exact) mass is 263 g/mol. The van der Waals surface area contributed by atoms with E-state index in [1.54, 1.807) is 24.6 Å². The van der Waals surface area contributed by atoms with Crippen molar-refractivity contribution in [1.82, 2.24) is 15.0 Å². The molecule has 0 radical (unpaired) electrons. The molecule has 0 saturated carbocycles. The van der Waals surface area contributed by atoms with Gasteiger partial charge in [0.2, 0.25) is 0 Å². The zero-order valence-electron chi connectivity index (χ0n) is 8.50. The first-order valence-electron chi connectivity index (χ1n) is 4.81. The minimum absolute atomic E-state index is 0.372. The predicted molar refractivity (Wildman–Crippen MR) is 65.9 cm³/mol. The normalized spacial score (nSPS) is 10.6. The first kappa shape index (κ1) is 10.4. The van der Waals surface area contributed by atoms with E-state index in [1.807, 2.05) is 11.4 Å². The second kappa shape index (κ2) is 4.27. The third-order valence-corrected chi connectivity index (χ3v) is 3.05. The van der Waals surface area contributed by atoms with Crippen LogP contribution in [0.15, 0.2) is 40.5 Å². The number of nitrogens with zero attached hydrogens (tertiary/aromatic N) is 3. The van der Waals surface area contributed by atoms with Gasteiger partial charge in [0.1, 0.15) is 10.8 Å². The highest BCUT2D eigenvalue weighted by molar-refractivity contribution is 7.13. The maximum atomic E-state index is 5.97. The molecule has 84 valence electrons. The molecule has 0 N–H and O–H groups in total. The summed E-state index contributed by atoms with van der Waals surface area (Å²) in [5.41, 5.74) is 0.653. The molecule has 0 fully saturated rings. The molecule has 3 aromatic rings. The van der Waals surface area contributed by atoms with E-state index >= 15 is 0 Å². The summed E-state index contributed by atoms with van der Waals surface area (Å²) in [5.74, 6) is 1.17. The summed E-state index contributed by atoms with van der Waals surface area (Å²) >= 11 is 7.43. The van der Waals surface area contributed by atoms with Gasteiger partial charge >= 0.3 is 0 Å². The van der Waals surface area contributed by atoms with Crippen molar-refractivity contribution < 1.29 is 4.42 Å². The number of halogens is 1. The van der Waals surface area contributed by atoms with Crippen molar-refractivity contribution in [2.24, 2.45) is 0 Å². The van der Waals surface area contributed by atoms with Crippen LogP contribution in [-0.4, -0.2) is 15.0 Å². The van der Waals surface area contributed by atoms with E-state index in [0.717, 1.165) is 5.01 Å². The first-order valence-corrected chi connectivity index (χ1v) is 6.07. The van der Waals surface area contributed by atoms with Gasteiger partial charge in [0.25, 0.3) is 0 Å². The highest BCUT2D eigenvalue weighted by Crippen LogP contribution is 2.25. The topological polar surface area (TPSA) is 51.8 Å². The molecule has 0 spiro atoms. The smallest absolute Gasteiger partial charge is 0.190 e. The number of rotatable bonds is 2. The van der Waals surface area contributed by atoms with Crippen LogP contribution < -0.4 is 0 Å². The van der Waals surface area contributed by atoms with E-state index in [0.29, 0.717) is 22.4 Å². The van der Waals surface area contributed by atoms with Crippen molar-refractivity contribution in [2.75, 3.05) is 0 Å². The third-order valence-electron chi connectivity index (χ3n) is 2.09. The fourth-order valence-electron chi connectivity index (χ4n) is 1.40. The molecule has 17 heavy (non-hydrogen) atoms. The fraction of sp³-hybridized carbons (Fsp3) is 0. The minimum Gasteiger partial charge on any atom is -0.463 e. The Hall–Kier alpha value is -1.72. The van der Waals surface area contributed by atoms with Crippen molar-refractivity contribution in [2.45, 2.75) is 0 Å². The zero-order valence-corrected chi connectivity index (χ0v) is 10.1. The third kappa shape index (κ3) is 2.07. The molecule has 0 aliphatic heterocycles. The molecule has 0 amide bonds. The van der Waals surface area contributed by atoms with Crippen molar-refractivity contribution in [3.05, 3.63) is 41.2 Å². The van der Waals surface area contributed by atoms with Crippen molar-refractivity contribution in [1.29, 1.82) is 0 Å². The molecular formula is C11H6ClN3OS. The Bertz CT molecular complexity index is 570. The van der Waals surface area contributed by atoms with E-state index in [2.05, 4.69) is 15.0 Å². The molecule has 0 saturated heterocycles. The first-order chi connectivity index (χ1) is 8.33. The highest BCUT2D eigenvalue weighted by atomic mass is 35.5. The quantitative estimate of drug-likeness (QED) is 0.664. The van der Waals surface area contributed by atoms with Crippen LogP contribution in [-0.2, 0) is 0 Å². The maximum absolute atomic E-state index is 5.97. The lowest BCUT2D eigenvalue weighted by Gasteiger charge is -2.00. The van der Waals surface area contributed by atoms with E-state index in [1.165, 1.54) is 11.3 Å². The summed E-state index contributed by atoms with van der Waals surface area (Å²) in [6.45, 7) is 0. The van der Waals surface area contributed by atoms with Gasteiger partial charge in [-0.2, -0.15) is 0 Å². The molecule has 0 atom stereocenters. The molecule has 4 nitrogen and oxygen atoms in total. The van der Waals surface area contributed by atoms with Crippen LogP contribution in [0.25, 0.3) is 22.3 Å². The van der Waals surface area contributed by atoms with Gasteiger partial charge in [0, 0.05) is 17.6 Å². The number of aromatic nitrogens is 3. The zero-order chi connectivity index (χ0) is 11.7. The van der Waals surface area contributed by atoms with Crippen molar-refractivity contribution >= 4 is 22.9 Å². The summed E-state index contributed by atoms with van der Waals surface area (Å²) < 4.78 is 5.28. The Labute approximate surface area is 106 Å². The lowest BCUT2D eigenvalue weighted by atomic mass is 10.3. The van der Waals surface area contributed by atoms with Gasteiger partial charge in [-0.1, -0.05) is 11.6 Å². The van der Waals surface area contributed by atoms with Crippen molar-refractivity contribution in [3.63, 3.8) is 0 Å². The highest BCUT2D eigenvalue weighted by Gasteiger charge is 2.10. The predicted octanol–water partition coefficient (Wildman–Crippen LogP) is 3.51. The summed E-state index contributed by atoms with van der Waals surface area (Å²) in [7, 11) is 0. The Morgan fingerprint density at radius 2 is 2.24 bits per heavy atom. The molecule has 3 rings (SSSR count). The summed E-state index contributed by atoms with van der Waals surface area (Å²) in [6.07, 6.45) is 3.30. The molecular weight excluding hydrogens is 258 g/mol. The molecule has 0 aliphatic rings. The SMILES string of the molecule is Clc1cc(-c2ccco2)nc(-c2nccs2)n1. The van der Waals surface area contributed by atoms with Gasteiger partial charge in [-0.05, 0) is 12.1 Å². The Morgan fingerprint density at radius 3 is 2.94 bits per heavy atom. The van der Waals surface area contributed by atoms with Crippen LogP contribution in [0.4, 0.5) is 0 Å². The summed E-state index contributed by atoms with van der Waals surface area (Å²) in [5, 5.41) is 2.98. The largest absolute Gasteiger partial charge is 0.463 e. The van der Waals surface area contributed by atoms with Gasteiger partial charge in [-0.25, -0.2) is 15.0 Å². The second-order valence-corrected chi connectivity index (χ2v) is 4.50. The van der Waals surface area contributed by atoms with Gasteiger partial charge < -0.3 is 4.42 Å². The van der Waals surface area contributed by atoms with Gasteiger partial charge in [0.15, 0.2) is 16.6 Å². The van der Waals surface area contributed by atoms with E-state index in [-0.39, 0.29) is 0 Å². The van der Waals surface area contributed by atoms with Gasteiger partial charge in [-0.15, -0.1) is 11.3 Å². The van der Waals surface area contributed by atoms with Gasteiger partial charge in [0.05, 0.1) is 6.26 Å². The summed E-state index contributed by atoms with van der Waals surface area (Å²) in [6, 6.07) is 5.29. The van der Waals surface area contributed by atoms with E-state index < -0.39 is 0 Å². The molecule has 0 bridgehead atoms. The standard InChI is InChI=1S/C11H6ClN3OS/c12-9-6-7(8-2-1-4-16-8)14-10(15-9)11-13-3-5-17-11/h1-6H. The van der Waals surface area contributed by atoms with Crippen LogP contribution in [0.3, 0.4) is 0 Å². The van der Waals surface area contributed by atoms with Crippen molar-refractivity contribution in [3.8, 4) is 22.3 Å². The molecule has 6 heteroatoms. The lowest BCUT2D eigenvalue weighted by molar-refractivity contribution is 0.580. The molecule has 0 unspecified atom stereocenters. The minimum atomic E-state index is 0.372. The van der Waals surface area contributed by atoms with Gasteiger partial charge in [-0.3, -0.25) is 0 Å². The molecule has 3 aromatic heterocycles. The Morgan fingerprint density at radius 1 is 1.29 bits per heavy atom. The van der Waals surface area contributed by atoms with E-state index in [4.69, 9.17) is 16.0 Å². The summed E-state index contributed by atoms with van der Waals surface area (Å²) in [4.78, 5) is 12.7. The number of hydrogen-bond donors (Lipinski definition) is 0. The fourth-order valence-corrected chi connectivity index (χ4v) is 2.15. The van der Waals surface area contributed by atoms with Crippen LogP contribution in [0, 0.1) is 0 Å². The average Bonchev–Trinajstić information content (AvgIpc) is 3.02. The molecule has 3 heterocycles. The number of hydrogen-bond acceptors (Lipinski definition) is 5. The van der Waals surface area contributed by atoms with E-state index in [9.17, 15) is 0 Å². The van der Waals surface area contributed by atoms with Crippen LogP contribution in [0.5, 0.6) is 0 Å².